The van der Waals surface area contributed by atoms with Crippen LogP contribution in [0.15, 0.2) is 72.8 Å². The van der Waals surface area contributed by atoms with Crippen molar-refractivity contribution in [2.45, 2.75) is 64.1 Å². The molecule has 1 unspecified atom stereocenters. The predicted molar refractivity (Wildman–Crippen MR) is 169 cm³/mol. The van der Waals surface area contributed by atoms with Gasteiger partial charge in [-0.25, -0.2) is 8.42 Å². The lowest BCUT2D eigenvalue weighted by Gasteiger charge is -2.35. The lowest BCUT2D eigenvalue weighted by Crippen LogP contribution is -2.55. The number of halogens is 2. The molecule has 7 nitrogen and oxygen atoms in total. The number of nitrogens with one attached hydrogen (secondary N) is 1. The van der Waals surface area contributed by atoms with E-state index in [9.17, 15) is 18.0 Å². The minimum absolute atomic E-state index is 0.0420. The third-order valence-corrected chi connectivity index (χ3v) is 9.35. The predicted octanol–water partition coefficient (Wildman–Crippen LogP) is 6.16. The number of carbonyl (C=O) groups excluding carboxylic acids is 2. The van der Waals surface area contributed by atoms with Crippen LogP contribution in [-0.2, 0) is 32.6 Å². The zero-order valence-electron chi connectivity index (χ0n) is 23.9. The summed E-state index contributed by atoms with van der Waals surface area (Å²) in [5, 5.41) is 3.64. The fourth-order valence-electron chi connectivity index (χ4n) is 5.35. The van der Waals surface area contributed by atoms with Crippen molar-refractivity contribution in [2.75, 3.05) is 17.1 Å². The molecule has 0 aromatic heterocycles. The van der Waals surface area contributed by atoms with E-state index >= 15 is 0 Å². The van der Waals surface area contributed by atoms with Crippen LogP contribution < -0.4 is 9.62 Å². The van der Waals surface area contributed by atoms with E-state index in [1.165, 1.54) is 23.1 Å². The van der Waals surface area contributed by atoms with Crippen molar-refractivity contribution < 1.29 is 18.0 Å². The van der Waals surface area contributed by atoms with Gasteiger partial charge in [-0.3, -0.25) is 13.9 Å². The van der Waals surface area contributed by atoms with E-state index in [4.69, 9.17) is 23.2 Å². The molecule has 0 radical (unpaired) electrons. The first-order valence-electron chi connectivity index (χ1n) is 14.1. The number of carbonyl (C=O) groups is 2. The number of hydrogen-bond donors (Lipinski definition) is 1. The molecule has 1 saturated carbocycles. The van der Waals surface area contributed by atoms with E-state index in [0.717, 1.165) is 59.4 Å². The minimum atomic E-state index is -3.93. The Hall–Kier alpha value is -3.07. The molecule has 224 valence electrons. The molecule has 0 heterocycles. The number of benzene rings is 3. The second-order valence-corrected chi connectivity index (χ2v) is 13.6. The first-order chi connectivity index (χ1) is 20.0. The Morgan fingerprint density at radius 2 is 1.62 bits per heavy atom. The number of sulfonamides is 1. The summed E-state index contributed by atoms with van der Waals surface area (Å²) in [5.41, 5.74) is 2.86. The molecule has 0 bridgehead atoms. The molecular weight excluding hydrogens is 593 g/mol. The first kappa shape index (κ1) is 31.9. The van der Waals surface area contributed by atoms with Gasteiger partial charge in [-0.2, -0.15) is 0 Å². The maximum atomic E-state index is 14.3. The molecule has 1 fully saturated rings. The molecule has 2 amide bonds. The average Bonchev–Trinajstić information content (AvgIpc) is 2.95. The van der Waals surface area contributed by atoms with E-state index in [1.807, 2.05) is 61.5 Å². The third kappa shape index (κ3) is 8.49. The van der Waals surface area contributed by atoms with Gasteiger partial charge >= 0.3 is 0 Å². The SMILES string of the molecule is Cc1ccccc1CN(C(=O)CN(c1ccc(Cl)cc1Cl)S(C)(=O)=O)C(Cc1ccccc1)C(=O)NC1CCCCC1. The van der Waals surface area contributed by atoms with Gasteiger partial charge in [-0.1, -0.05) is 97.1 Å². The highest BCUT2D eigenvalue weighted by molar-refractivity contribution is 7.92. The van der Waals surface area contributed by atoms with Crippen molar-refractivity contribution in [3.8, 4) is 0 Å². The van der Waals surface area contributed by atoms with Gasteiger partial charge in [0.15, 0.2) is 0 Å². The topological polar surface area (TPSA) is 86.8 Å². The van der Waals surface area contributed by atoms with Crippen LogP contribution in [0.3, 0.4) is 0 Å². The van der Waals surface area contributed by atoms with E-state index < -0.39 is 28.5 Å². The normalized spacial score (nSPS) is 14.7. The van der Waals surface area contributed by atoms with Crippen LogP contribution in [0.4, 0.5) is 5.69 Å². The summed E-state index contributed by atoms with van der Waals surface area (Å²) in [7, 11) is -3.93. The van der Waals surface area contributed by atoms with Crippen LogP contribution in [0.25, 0.3) is 0 Å². The molecule has 3 aromatic carbocycles. The largest absolute Gasteiger partial charge is 0.352 e. The van der Waals surface area contributed by atoms with Gasteiger partial charge < -0.3 is 10.2 Å². The molecule has 1 N–H and O–H groups in total. The van der Waals surface area contributed by atoms with Crippen molar-refractivity contribution in [1.29, 1.82) is 0 Å². The molecule has 1 aliphatic rings. The second-order valence-electron chi connectivity index (χ2n) is 10.9. The Labute approximate surface area is 258 Å². The molecular formula is C32H37Cl2N3O4S. The van der Waals surface area contributed by atoms with Crippen LogP contribution in [0.5, 0.6) is 0 Å². The van der Waals surface area contributed by atoms with Crippen LogP contribution in [0, 0.1) is 6.92 Å². The van der Waals surface area contributed by atoms with Crippen molar-refractivity contribution in [1.82, 2.24) is 10.2 Å². The first-order valence-corrected chi connectivity index (χ1v) is 16.7. The van der Waals surface area contributed by atoms with Gasteiger partial charge in [-0.15, -0.1) is 0 Å². The summed E-state index contributed by atoms with van der Waals surface area (Å²) < 4.78 is 26.9. The van der Waals surface area contributed by atoms with Gasteiger partial charge in [0.25, 0.3) is 0 Å². The summed E-state index contributed by atoms with van der Waals surface area (Å²) in [6, 6.07) is 20.8. The highest BCUT2D eigenvalue weighted by Crippen LogP contribution is 2.31. The molecule has 3 aromatic rings. The fourth-order valence-corrected chi connectivity index (χ4v) is 6.77. The van der Waals surface area contributed by atoms with Crippen molar-refractivity contribution >= 4 is 50.7 Å². The molecule has 42 heavy (non-hydrogen) atoms. The third-order valence-electron chi connectivity index (χ3n) is 7.68. The standard InChI is InChI=1S/C32H37Cl2N3O4S/c1-23-11-9-10-14-25(23)21-36(31(38)22-37(42(2,40)41)29-18-17-26(33)20-28(29)34)30(19-24-12-5-3-6-13-24)32(39)35-27-15-7-4-8-16-27/h3,5-6,9-14,17-18,20,27,30H,4,7-8,15-16,19,21-22H2,1-2H3,(H,35,39). The Morgan fingerprint density at radius 1 is 0.952 bits per heavy atom. The molecule has 0 spiro atoms. The number of amides is 2. The Bertz CT molecular complexity index is 1490. The molecule has 4 rings (SSSR count). The van der Waals surface area contributed by atoms with Crippen LogP contribution in [-0.4, -0.2) is 50.0 Å². The second kappa shape index (κ2) is 14.4. The summed E-state index contributed by atoms with van der Waals surface area (Å²) in [4.78, 5) is 29.8. The minimum Gasteiger partial charge on any atom is -0.352 e. The molecule has 10 heteroatoms. The summed E-state index contributed by atoms with van der Waals surface area (Å²) in [6.45, 7) is 1.55. The van der Waals surface area contributed by atoms with Crippen LogP contribution in [0.2, 0.25) is 10.0 Å². The van der Waals surface area contributed by atoms with Gasteiger partial charge in [0.2, 0.25) is 21.8 Å². The van der Waals surface area contributed by atoms with Crippen LogP contribution in [0.1, 0.15) is 48.8 Å². The lowest BCUT2D eigenvalue weighted by molar-refractivity contribution is -0.140. The highest BCUT2D eigenvalue weighted by atomic mass is 35.5. The van der Waals surface area contributed by atoms with Crippen molar-refractivity contribution in [2.24, 2.45) is 0 Å². The zero-order chi connectivity index (χ0) is 30.3. The summed E-state index contributed by atoms with van der Waals surface area (Å²) in [6.07, 6.45) is 6.33. The summed E-state index contributed by atoms with van der Waals surface area (Å²) in [5.74, 6) is -0.766. The lowest BCUT2D eigenvalue weighted by atomic mass is 9.94. The van der Waals surface area contributed by atoms with E-state index in [2.05, 4.69) is 5.32 Å². The summed E-state index contributed by atoms with van der Waals surface area (Å²) >= 11 is 12.5. The highest BCUT2D eigenvalue weighted by Gasteiger charge is 2.34. The maximum absolute atomic E-state index is 14.3. The Kier molecular flexibility index (Phi) is 10.9. The average molecular weight is 631 g/mol. The molecule has 0 saturated heterocycles. The Balaban J connectivity index is 1.74. The molecule has 0 aliphatic heterocycles. The van der Waals surface area contributed by atoms with Gasteiger partial charge in [-0.05, 0) is 54.7 Å². The smallest absolute Gasteiger partial charge is 0.244 e. The van der Waals surface area contributed by atoms with Crippen LogP contribution >= 0.6 is 23.2 Å². The number of anilines is 1. The molecule has 1 atom stereocenters. The monoisotopic (exact) mass is 629 g/mol. The fraction of sp³-hybridized carbons (Fsp3) is 0.375. The zero-order valence-corrected chi connectivity index (χ0v) is 26.3. The van der Waals surface area contributed by atoms with Gasteiger partial charge in [0, 0.05) is 24.0 Å². The van der Waals surface area contributed by atoms with E-state index in [-0.39, 0.29) is 35.6 Å². The number of rotatable bonds is 11. The van der Waals surface area contributed by atoms with Crippen molar-refractivity contribution in [3.05, 3.63) is 99.5 Å². The van der Waals surface area contributed by atoms with E-state index in [1.54, 1.807) is 0 Å². The quantitative estimate of drug-likeness (QED) is 0.275. The molecule has 1 aliphatic carbocycles. The van der Waals surface area contributed by atoms with Crippen molar-refractivity contribution in [3.63, 3.8) is 0 Å². The van der Waals surface area contributed by atoms with Gasteiger partial charge in [0.1, 0.15) is 12.6 Å². The van der Waals surface area contributed by atoms with E-state index in [0.29, 0.717) is 5.02 Å². The number of hydrogen-bond acceptors (Lipinski definition) is 4. The number of nitrogens with zero attached hydrogens (tertiary/aromatic N) is 2. The maximum Gasteiger partial charge on any atom is 0.244 e. The Morgan fingerprint density at radius 3 is 2.26 bits per heavy atom. The number of aryl methyl sites for hydroxylation is 1. The van der Waals surface area contributed by atoms with Gasteiger partial charge in [0.05, 0.1) is 17.0 Å².